The molecule has 22 heavy (non-hydrogen) atoms. The van der Waals surface area contributed by atoms with Crippen LogP contribution in [0.2, 0.25) is 0 Å². The monoisotopic (exact) mass is 301 g/mol. The van der Waals surface area contributed by atoms with Gasteiger partial charge in [-0.05, 0) is 37.7 Å². The standard InChI is InChI=1S/C18H27N3O/c1-15-7-6-10-21(14-15)17-11-16(12-19-13-17)18(22)20-8-4-2-3-5-9-20/h11-13,15H,2-10,14H2,1H3. The minimum atomic E-state index is 0.154. The van der Waals surface area contributed by atoms with E-state index >= 15 is 0 Å². The number of carbonyl (C=O) groups excluding carboxylic acids is 1. The van der Waals surface area contributed by atoms with Crippen molar-refractivity contribution < 1.29 is 4.79 Å². The number of amides is 1. The van der Waals surface area contributed by atoms with Gasteiger partial charge in [-0.3, -0.25) is 9.78 Å². The van der Waals surface area contributed by atoms with Gasteiger partial charge in [0.05, 0.1) is 17.4 Å². The summed E-state index contributed by atoms with van der Waals surface area (Å²) in [4.78, 5) is 21.4. The minimum Gasteiger partial charge on any atom is -0.370 e. The smallest absolute Gasteiger partial charge is 0.255 e. The second-order valence-electron chi connectivity index (χ2n) is 6.83. The Morgan fingerprint density at radius 2 is 1.86 bits per heavy atom. The fourth-order valence-corrected chi connectivity index (χ4v) is 3.60. The molecule has 1 aromatic rings. The van der Waals surface area contributed by atoms with Crippen molar-refractivity contribution in [2.45, 2.75) is 45.4 Å². The highest BCUT2D eigenvalue weighted by Gasteiger charge is 2.20. The SMILES string of the molecule is CC1CCCN(c2cncc(C(=O)N3CCCCCC3)c2)C1. The summed E-state index contributed by atoms with van der Waals surface area (Å²) < 4.78 is 0. The first-order valence-electron chi connectivity index (χ1n) is 8.73. The highest BCUT2D eigenvalue weighted by atomic mass is 16.2. The third kappa shape index (κ3) is 3.60. The highest BCUT2D eigenvalue weighted by Crippen LogP contribution is 2.23. The molecule has 0 spiro atoms. The third-order valence-corrected chi connectivity index (χ3v) is 4.89. The summed E-state index contributed by atoms with van der Waals surface area (Å²) in [5.41, 5.74) is 1.85. The molecule has 1 aromatic heterocycles. The summed E-state index contributed by atoms with van der Waals surface area (Å²) in [6.07, 6.45) is 10.9. The van der Waals surface area contributed by atoms with Crippen molar-refractivity contribution in [2.24, 2.45) is 5.92 Å². The maximum Gasteiger partial charge on any atom is 0.255 e. The van der Waals surface area contributed by atoms with Gasteiger partial charge in [0.15, 0.2) is 0 Å². The predicted molar refractivity (Wildman–Crippen MR) is 89.2 cm³/mol. The molecule has 2 saturated heterocycles. The van der Waals surface area contributed by atoms with E-state index in [1.165, 1.54) is 25.7 Å². The summed E-state index contributed by atoms with van der Waals surface area (Å²) in [6, 6.07) is 2.04. The van der Waals surface area contributed by atoms with Crippen molar-refractivity contribution in [2.75, 3.05) is 31.1 Å². The molecule has 2 aliphatic rings. The van der Waals surface area contributed by atoms with E-state index in [0.29, 0.717) is 0 Å². The molecule has 0 aliphatic carbocycles. The van der Waals surface area contributed by atoms with E-state index in [-0.39, 0.29) is 5.91 Å². The van der Waals surface area contributed by atoms with Crippen LogP contribution in [0.4, 0.5) is 5.69 Å². The van der Waals surface area contributed by atoms with Crippen LogP contribution in [0.1, 0.15) is 55.8 Å². The van der Waals surface area contributed by atoms with Crippen molar-refractivity contribution in [3.8, 4) is 0 Å². The molecule has 120 valence electrons. The van der Waals surface area contributed by atoms with Gasteiger partial charge in [-0.15, -0.1) is 0 Å². The van der Waals surface area contributed by atoms with E-state index in [2.05, 4.69) is 16.8 Å². The molecule has 0 N–H and O–H groups in total. The molecule has 3 heterocycles. The summed E-state index contributed by atoms with van der Waals surface area (Å²) in [5.74, 6) is 0.875. The Labute approximate surface area is 133 Å². The number of hydrogen-bond acceptors (Lipinski definition) is 3. The van der Waals surface area contributed by atoms with Gasteiger partial charge < -0.3 is 9.80 Å². The van der Waals surface area contributed by atoms with Crippen LogP contribution in [0.3, 0.4) is 0 Å². The molecule has 1 unspecified atom stereocenters. The number of hydrogen-bond donors (Lipinski definition) is 0. The Balaban J connectivity index is 1.73. The molecule has 2 fully saturated rings. The predicted octanol–water partition coefficient (Wildman–Crippen LogP) is 3.33. The largest absolute Gasteiger partial charge is 0.370 e. The van der Waals surface area contributed by atoms with E-state index in [4.69, 9.17) is 0 Å². The van der Waals surface area contributed by atoms with Gasteiger partial charge in [0, 0.05) is 32.4 Å². The fraction of sp³-hybridized carbons (Fsp3) is 0.667. The molecule has 2 aliphatic heterocycles. The van der Waals surface area contributed by atoms with Gasteiger partial charge in [-0.2, -0.15) is 0 Å². The van der Waals surface area contributed by atoms with Crippen LogP contribution in [-0.4, -0.2) is 42.0 Å². The molecule has 3 rings (SSSR count). The fourth-order valence-electron chi connectivity index (χ4n) is 3.60. The average molecular weight is 301 g/mol. The van der Waals surface area contributed by atoms with E-state index in [1.807, 2.05) is 17.2 Å². The summed E-state index contributed by atoms with van der Waals surface area (Å²) in [6.45, 7) is 6.23. The van der Waals surface area contributed by atoms with E-state index < -0.39 is 0 Å². The van der Waals surface area contributed by atoms with Crippen molar-refractivity contribution in [1.82, 2.24) is 9.88 Å². The first kappa shape index (κ1) is 15.3. The molecule has 0 saturated carbocycles. The quantitative estimate of drug-likeness (QED) is 0.840. The third-order valence-electron chi connectivity index (χ3n) is 4.89. The molecule has 4 nitrogen and oxygen atoms in total. The number of likely N-dealkylation sites (tertiary alicyclic amines) is 1. The van der Waals surface area contributed by atoms with Crippen molar-refractivity contribution >= 4 is 11.6 Å². The van der Waals surface area contributed by atoms with Gasteiger partial charge in [0.25, 0.3) is 5.91 Å². The molecule has 1 amide bonds. The lowest BCUT2D eigenvalue weighted by atomic mass is 10.00. The van der Waals surface area contributed by atoms with Gasteiger partial charge >= 0.3 is 0 Å². The maximum atomic E-state index is 12.7. The van der Waals surface area contributed by atoms with Gasteiger partial charge in [0.2, 0.25) is 0 Å². The Bertz CT molecular complexity index is 509. The zero-order valence-electron chi connectivity index (χ0n) is 13.6. The number of anilines is 1. The summed E-state index contributed by atoms with van der Waals surface area (Å²) in [7, 11) is 0. The molecule has 4 heteroatoms. The Morgan fingerprint density at radius 3 is 2.59 bits per heavy atom. The molecular formula is C18H27N3O. The maximum absolute atomic E-state index is 12.7. The lowest BCUT2D eigenvalue weighted by Gasteiger charge is -2.32. The number of piperidine rings is 1. The van der Waals surface area contributed by atoms with Gasteiger partial charge in [0.1, 0.15) is 0 Å². The van der Waals surface area contributed by atoms with Crippen LogP contribution < -0.4 is 4.90 Å². The average Bonchev–Trinajstić information content (AvgIpc) is 2.83. The number of pyridine rings is 1. The molecule has 1 atom stereocenters. The van der Waals surface area contributed by atoms with Crippen LogP contribution in [0, 0.1) is 5.92 Å². The van der Waals surface area contributed by atoms with Crippen LogP contribution in [0.15, 0.2) is 18.5 Å². The number of aromatic nitrogens is 1. The van der Waals surface area contributed by atoms with Crippen molar-refractivity contribution in [1.29, 1.82) is 0 Å². The zero-order chi connectivity index (χ0) is 15.4. The summed E-state index contributed by atoms with van der Waals surface area (Å²) in [5, 5.41) is 0. The molecule has 0 bridgehead atoms. The zero-order valence-corrected chi connectivity index (χ0v) is 13.6. The van der Waals surface area contributed by atoms with E-state index in [0.717, 1.165) is 56.2 Å². The van der Waals surface area contributed by atoms with Gasteiger partial charge in [-0.25, -0.2) is 0 Å². The van der Waals surface area contributed by atoms with Gasteiger partial charge in [-0.1, -0.05) is 19.8 Å². The highest BCUT2D eigenvalue weighted by molar-refractivity contribution is 5.94. The first-order chi connectivity index (χ1) is 10.7. The van der Waals surface area contributed by atoms with Crippen molar-refractivity contribution in [3.63, 3.8) is 0 Å². The number of nitrogens with zero attached hydrogens (tertiary/aromatic N) is 3. The lowest BCUT2D eigenvalue weighted by Crippen LogP contribution is -2.35. The Hall–Kier alpha value is -1.58. The lowest BCUT2D eigenvalue weighted by molar-refractivity contribution is 0.0761. The minimum absolute atomic E-state index is 0.154. The Morgan fingerprint density at radius 1 is 1.09 bits per heavy atom. The first-order valence-corrected chi connectivity index (χ1v) is 8.73. The number of rotatable bonds is 2. The molecule has 0 radical (unpaired) electrons. The number of carbonyl (C=O) groups is 1. The van der Waals surface area contributed by atoms with Crippen LogP contribution in [-0.2, 0) is 0 Å². The topological polar surface area (TPSA) is 36.4 Å². The van der Waals surface area contributed by atoms with Crippen molar-refractivity contribution in [3.05, 3.63) is 24.0 Å². The summed E-state index contributed by atoms with van der Waals surface area (Å²) >= 11 is 0. The van der Waals surface area contributed by atoms with Crippen LogP contribution in [0.25, 0.3) is 0 Å². The van der Waals surface area contributed by atoms with Crippen LogP contribution in [0.5, 0.6) is 0 Å². The van der Waals surface area contributed by atoms with E-state index in [9.17, 15) is 4.79 Å². The second-order valence-corrected chi connectivity index (χ2v) is 6.83. The van der Waals surface area contributed by atoms with E-state index in [1.54, 1.807) is 6.20 Å². The normalized spacial score (nSPS) is 23.2. The Kier molecular flexibility index (Phi) is 4.96. The van der Waals surface area contributed by atoms with Crippen LogP contribution >= 0.6 is 0 Å². The second kappa shape index (κ2) is 7.12. The molecular weight excluding hydrogens is 274 g/mol. The molecule has 0 aromatic carbocycles.